The summed E-state index contributed by atoms with van der Waals surface area (Å²) in [5.41, 5.74) is 4.45. The monoisotopic (exact) mass is 174 g/mol. The highest BCUT2D eigenvalue weighted by Crippen LogP contribution is 2.14. The third-order valence-corrected chi connectivity index (χ3v) is 1.39. The van der Waals surface area contributed by atoms with E-state index in [1.807, 2.05) is 0 Å². The maximum atomic E-state index is 12.7. The van der Waals surface area contributed by atoms with Gasteiger partial charge >= 0.3 is 0 Å². The van der Waals surface area contributed by atoms with Gasteiger partial charge in [0.25, 0.3) is 5.91 Å². The maximum Gasteiger partial charge on any atom is 0.254 e. The van der Waals surface area contributed by atoms with Gasteiger partial charge in [-0.2, -0.15) is 0 Å². The summed E-state index contributed by atoms with van der Waals surface area (Å²) in [7, 11) is 0. The van der Waals surface area contributed by atoms with Crippen LogP contribution in [0, 0.1) is 5.82 Å². The molecule has 0 saturated heterocycles. The lowest BCUT2D eigenvalue weighted by atomic mass is 10.2. The second-order valence-electron chi connectivity index (χ2n) is 1.82. The third-order valence-electron chi connectivity index (χ3n) is 1.10. The van der Waals surface area contributed by atoms with Gasteiger partial charge in [0.1, 0.15) is 16.5 Å². The molecule has 0 atom stereocenters. The average molecular weight is 175 g/mol. The number of amides is 1. The number of rotatable bonds is 1. The van der Waals surface area contributed by atoms with Crippen LogP contribution in [0.3, 0.4) is 0 Å². The maximum absolute atomic E-state index is 12.7. The fraction of sp³-hybridized carbons (Fsp3) is 0. The average Bonchev–Trinajstić information content (AvgIpc) is 1.85. The molecule has 0 aromatic carbocycles. The van der Waals surface area contributed by atoms with Gasteiger partial charge < -0.3 is 5.73 Å². The lowest BCUT2D eigenvalue weighted by Gasteiger charge is -1.97. The number of pyridine rings is 1. The van der Waals surface area contributed by atoms with Gasteiger partial charge in [0.15, 0.2) is 0 Å². The molecule has 1 amide bonds. The number of primary amides is 1. The fourth-order valence-corrected chi connectivity index (χ4v) is 0.874. The zero-order valence-electron chi connectivity index (χ0n) is 5.34. The second kappa shape index (κ2) is 2.84. The quantitative estimate of drug-likeness (QED) is 0.645. The van der Waals surface area contributed by atoms with E-state index >= 15 is 0 Å². The Morgan fingerprint density at radius 3 is 2.73 bits per heavy atom. The predicted octanol–water partition coefficient (Wildman–Crippen LogP) is 0.973. The Bertz CT molecular complexity index is 282. The fourth-order valence-electron chi connectivity index (χ4n) is 0.634. The highest BCUT2D eigenvalue weighted by molar-refractivity contribution is 6.32. The van der Waals surface area contributed by atoms with Gasteiger partial charge in [0.05, 0.1) is 0 Å². The summed E-state index contributed by atoms with van der Waals surface area (Å²) in [5, 5.41) is -0.211. The van der Waals surface area contributed by atoms with Gasteiger partial charge in [-0.1, -0.05) is 11.6 Å². The van der Waals surface area contributed by atoms with E-state index in [0.717, 1.165) is 12.3 Å². The molecule has 1 heterocycles. The highest BCUT2D eigenvalue weighted by Gasteiger charge is 2.12. The van der Waals surface area contributed by atoms with Crippen LogP contribution in [0.1, 0.15) is 10.4 Å². The van der Waals surface area contributed by atoms with E-state index in [9.17, 15) is 9.18 Å². The van der Waals surface area contributed by atoms with Crippen LogP contribution >= 0.6 is 11.6 Å². The van der Waals surface area contributed by atoms with Crippen molar-refractivity contribution in [3.63, 3.8) is 0 Å². The van der Waals surface area contributed by atoms with Crippen LogP contribution in [0.4, 0.5) is 4.39 Å². The number of carbonyl (C=O) groups excluding carboxylic acids is 1. The second-order valence-corrected chi connectivity index (χ2v) is 2.18. The molecule has 0 aliphatic heterocycles. The number of halogens is 2. The summed E-state index contributed by atoms with van der Waals surface area (Å²) in [4.78, 5) is 14.0. The summed E-state index contributed by atoms with van der Waals surface area (Å²) in [6, 6.07) is 1.02. The number of aromatic nitrogens is 1. The molecule has 5 heteroatoms. The summed E-state index contributed by atoms with van der Waals surface area (Å²) >= 11 is 5.37. The molecule has 0 spiro atoms. The van der Waals surface area contributed by atoms with Crippen LogP contribution in [-0.4, -0.2) is 10.9 Å². The molecule has 0 bridgehead atoms. The zero-order chi connectivity index (χ0) is 8.43. The molecule has 0 aliphatic carbocycles. The van der Waals surface area contributed by atoms with Crippen LogP contribution in [0.5, 0.6) is 0 Å². The summed E-state index contributed by atoms with van der Waals surface area (Å²) in [6.07, 6.45) is 1.16. The molecule has 58 valence electrons. The number of nitrogens with two attached hydrogens (primary N) is 1. The molecule has 2 N–H and O–H groups in total. The van der Waals surface area contributed by atoms with Crippen molar-refractivity contribution in [2.75, 3.05) is 0 Å². The highest BCUT2D eigenvalue weighted by atomic mass is 35.5. The van der Waals surface area contributed by atoms with Crippen LogP contribution in [0.2, 0.25) is 5.15 Å². The van der Waals surface area contributed by atoms with E-state index < -0.39 is 11.7 Å². The molecule has 0 saturated carbocycles. The number of hydrogen-bond acceptors (Lipinski definition) is 2. The SMILES string of the molecule is NC(=O)c1c(F)ccnc1Cl. The topological polar surface area (TPSA) is 56.0 Å². The molecular formula is C6H4ClFN2O. The summed E-state index contributed by atoms with van der Waals surface area (Å²) in [6.45, 7) is 0. The standard InChI is InChI=1S/C6H4ClFN2O/c7-5-4(6(9)11)3(8)1-2-10-5/h1-2H,(H2,9,11). The van der Waals surface area contributed by atoms with Crippen molar-refractivity contribution in [1.82, 2.24) is 4.98 Å². The molecule has 3 nitrogen and oxygen atoms in total. The minimum Gasteiger partial charge on any atom is -0.365 e. The predicted molar refractivity (Wildman–Crippen MR) is 37.7 cm³/mol. The molecule has 0 radical (unpaired) electrons. The molecule has 0 fully saturated rings. The van der Waals surface area contributed by atoms with E-state index in [4.69, 9.17) is 17.3 Å². The molecule has 0 aliphatic rings. The molecule has 1 rings (SSSR count). The molecule has 11 heavy (non-hydrogen) atoms. The normalized spacial score (nSPS) is 9.64. The van der Waals surface area contributed by atoms with E-state index in [2.05, 4.69) is 4.98 Å². The Balaban J connectivity index is 3.32. The first-order valence-electron chi connectivity index (χ1n) is 2.72. The molecule has 1 aromatic heterocycles. The Labute approximate surface area is 67.0 Å². The number of hydrogen-bond donors (Lipinski definition) is 1. The van der Waals surface area contributed by atoms with Gasteiger partial charge in [0.2, 0.25) is 0 Å². The van der Waals surface area contributed by atoms with Gasteiger partial charge in [-0.15, -0.1) is 0 Å². The van der Waals surface area contributed by atoms with Crippen molar-refractivity contribution >= 4 is 17.5 Å². The minimum atomic E-state index is -0.916. The number of carbonyl (C=O) groups is 1. The molecule has 1 aromatic rings. The van der Waals surface area contributed by atoms with Crippen molar-refractivity contribution in [2.45, 2.75) is 0 Å². The summed E-state index contributed by atoms with van der Waals surface area (Å²) in [5.74, 6) is -1.67. The third kappa shape index (κ3) is 1.46. The lowest BCUT2D eigenvalue weighted by Crippen LogP contribution is -2.14. The van der Waals surface area contributed by atoms with Crippen LogP contribution < -0.4 is 5.73 Å². The van der Waals surface area contributed by atoms with Gasteiger partial charge in [-0.25, -0.2) is 9.37 Å². The van der Waals surface area contributed by atoms with Gasteiger partial charge in [-0.3, -0.25) is 4.79 Å². The van der Waals surface area contributed by atoms with Crippen molar-refractivity contribution in [1.29, 1.82) is 0 Å². The van der Waals surface area contributed by atoms with E-state index in [-0.39, 0.29) is 10.7 Å². The Morgan fingerprint density at radius 2 is 2.36 bits per heavy atom. The largest absolute Gasteiger partial charge is 0.365 e. The molecular weight excluding hydrogens is 171 g/mol. The van der Waals surface area contributed by atoms with Crippen LogP contribution in [-0.2, 0) is 0 Å². The molecule has 0 unspecified atom stereocenters. The first-order valence-corrected chi connectivity index (χ1v) is 3.10. The van der Waals surface area contributed by atoms with Crippen molar-refractivity contribution in [2.24, 2.45) is 5.73 Å². The Hall–Kier alpha value is -1.16. The van der Waals surface area contributed by atoms with Crippen molar-refractivity contribution < 1.29 is 9.18 Å². The summed E-state index contributed by atoms with van der Waals surface area (Å²) < 4.78 is 12.7. The van der Waals surface area contributed by atoms with Crippen molar-refractivity contribution in [3.8, 4) is 0 Å². The van der Waals surface area contributed by atoms with Gasteiger partial charge in [-0.05, 0) is 6.07 Å². The first-order chi connectivity index (χ1) is 5.13. The first kappa shape index (κ1) is 7.94. The van der Waals surface area contributed by atoms with E-state index in [0.29, 0.717) is 0 Å². The number of nitrogens with zero attached hydrogens (tertiary/aromatic N) is 1. The smallest absolute Gasteiger partial charge is 0.254 e. The van der Waals surface area contributed by atoms with Crippen LogP contribution in [0.25, 0.3) is 0 Å². The van der Waals surface area contributed by atoms with Crippen molar-refractivity contribution in [3.05, 3.63) is 28.8 Å². The van der Waals surface area contributed by atoms with E-state index in [1.54, 1.807) is 0 Å². The lowest BCUT2D eigenvalue weighted by molar-refractivity contribution is 0.0996. The minimum absolute atomic E-state index is 0.211. The van der Waals surface area contributed by atoms with Crippen LogP contribution in [0.15, 0.2) is 12.3 Å². The van der Waals surface area contributed by atoms with Gasteiger partial charge in [0, 0.05) is 6.20 Å². The Morgan fingerprint density at radius 1 is 1.73 bits per heavy atom. The van der Waals surface area contributed by atoms with E-state index in [1.165, 1.54) is 0 Å². The Kier molecular flexibility index (Phi) is 2.05. The zero-order valence-corrected chi connectivity index (χ0v) is 6.10.